The van der Waals surface area contributed by atoms with Gasteiger partial charge in [0, 0.05) is 39.3 Å². The first-order valence-electron chi connectivity index (χ1n) is 7.23. The number of methoxy groups -OCH3 is 2. The Morgan fingerprint density at radius 2 is 1.83 bits per heavy atom. The van der Waals surface area contributed by atoms with Crippen LogP contribution < -0.4 is 5.32 Å². The van der Waals surface area contributed by atoms with Gasteiger partial charge in [0.05, 0.1) is 12.7 Å². The Bertz CT molecular complexity index is 228. The lowest BCUT2D eigenvalue weighted by Gasteiger charge is -2.42. The van der Waals surface area contributed by atoms with E-state index in [1.54, 1.807) is 0 Å². The van der Waals surface area contributed by atoms with Crippen LogP contribution >= 0.6 is 0 Å². The van der Waals surface area contributed by atoms with Crippen LogP contribution in [-0.4, -0.2) is 64.6 Å². The summed E-state index contributed by atoms with van der Waals surface area (Å²) in [4.78, 5) is 2.61. The van der Waals surface area contributed by atoms with Gasteiger partial charge in [0.1, 0.15) is 0 Å². The second kappa shape index (κ2) is 6.85. The average Bonchev–Trinajstić information content (AvgIpc) is 2.41. The number of nitrogens with zero attached hydrogens (tertiary/aromatic N) is 1. The van der Waals surface area contributed by atoms with Gasteiger partial charge in [-0.2, -0.15) is 0 Å². The molecule has 4 nitrogen and oxygen atoms in total. The zero-order valence-corrected chi connectivity index (χ0v) is 11.9. The van der Waals surface area contributed by atoms with Crippen molar-refractivity contribution in [2.45, 2.75) is 31.8 Å². The highest BCUT2D eigenvalue weighted by atomic mass is 16.5. The van der Waals surface area contributed by atoms with Crippen LogP contribution in [0.3, 0.4) is 0 Å². The minimum absolute atomic E-state index is 0.375. The van der Waals surface area contributed by atoms with Gasteiger partial charge < -0.3 is 19.7 Å². The van der Waals surface area contributed by atoms with Crippen LogP contribution in [0.4, 0.5) is 0 Å². The molecule has 4 heteroatoms. The Balaban J connectivity index is 1.85. The van der Waals surface area contributed by atoms with Crippen molar-refractivity contribution in [3.63, 3.8) is 0 Å². The Kier molecular flexibility index (Phi) is 5.42. The maximum atomic E-state index is 5.49. The lowest BCUT2D eigenvalue weighted by atomic mass is 9.78. The van der Waals surface area contributed by atoms with Crippen molar-refractivity contribution in [1.82, 2.24) is 10.2 Å². The highest BCUT2D eigenvalue weighted by Gasteiger charge is 2.35. The summed E-state index contributed by atoms with van der Waals surface area (Å²) >= 11 is 0. The first-order chi connectivity index (χ1) is 8.78. The van der Waals surface area contributed by atoms with Crippen LogP contribution in [0.25, 0.3) is 0 Å². The molecular weight excluding hydrogens is 228 g/mol. The molecule has 2 rings (SSSR count). The maximum absolute atomic E-state index is 5.49. The van der Waals surface area contributed by atoms with Crippen LogP contribution in [-0.2, 0) is 9.47 Å². The highest BCUT2D eigenvalue weighted by molar-refractivity contribution is 4.88. The summed E-state index contributed by atoms with van der Waals surface area (Å²) in [6, 6.07) is 0. The number of ether oxygens (including phenoxy) is 2. The Labute approximate surface area is 111 Å². The van der Waals surface area contributed by atoms with Gasteiger partial charge in [0.25, 0.3) is 0 Å². The minimum Gasteiger partial charge on any atom is -0.384 e. The van der Waals surface area contributed by atoms with Crippen LogP contribution in [0, 0.1) is 5.41 Å². The minimum atomic E-state index is 0.375. The average molecular weight is 256 g/mol. The van der Waals surface area contributed by atoms with Crippen molar-refractivity contribution in [3.05, 3.63) is 0 Å². The van der Waals surface area contributed by atoms with Crippen LogP contribution in [0.1, 0.15) is 25.7 Å². The molecule has 1 N–H and O–H groups in total. The van der Waals surface area contributed by atoms with Gasteiger partial charge in [-0.25, -0.2) is 0 Å². The molecule has 0 aromatic heterocycles. The number of rotatable bonds is 5. The normalized spacial score (nSPS) is 26.3. The molecule has 0 unspecified atom stereocenters. The summed E-state index contributed by atoms with van der Waals surface area (Å²) in [6.45, 7) is 6.72. The Hall–Kier alpha value is -0.160. The maximum Gasteiger partial charge on any atom is 0.0595 e. The van der Waals surface area contributed by atoms with E-state index in [4.69, 9.17) is 9.47 Å². The van der Waals surface area contributed by atoms with Crippen molar-refractivity contribution in [3.8, 4) is 0 Å². The van der Waals surface area contributed by atoms with Gasteiger partial charge in [-0.1, -0.05) is 0 Å². The molecule has 0 aromatic rings. The molecule has 2 aliphatic heterocycles. The molecule has 2 aliphatic rings. The molecular formula is C14H28N2O2. The van der Waals surface area contributed by atoms with E-state index in [1.165, 1.54) is 45.3 Å². The molecule has 0 aliphatic carbocycles. The smallest absolute Gasteiger partial charge is 0.0595 e. The predicted octanol–water partition coefficient (Wildman–Crippen LogP) is 1.11. The number of likely N-dealkylation sites (tertiary alicyclic amines) is 1. The van der Waals surface area contributed by atoms with Gasteiger partial charge in [-0.15, -0.1) is 0 Å². The summed E-state index contributed by atoms with van der Waals surface area (Å²) in [5, 5.41) is 3.46. The standard InChI is InChI=1S/C14H28N2O2/c1-17-12-14(5-7-15-8-6-14)11-16-9-3-13(18-2)4-10-16/h13,15H,3-12H2,1-2H3. The monoisotopic (exact) mass is 256 g/mol. The second-order valence-corrected chi connectivity index (χ2v) is 5.89. The van der Waals surface area contributed by atoms with E-state index in [9.17, 15) is 0 Å². The second-order valence-electron chi connectivity index (χ2n) is 5.89. The van der Waals surface area contributed by atoms with Crippen molar-refractivity contribution in [2.24, 2.45) is 5.41 Å². The van der Waals surface area contributed by atoms with Crippen molar-refractivity contribution < 1.29 is 9.47 Å². The number of nitrogens with one attached hydrogen (secondary N) is 1. The molecule has 106 valence electrons. The van der Waals surface area contributed by atoms with Crippen LogP contribution in [0.5, 0.6) is 0 Å². The quantitative estimate of drug-likeness (QED) is 0.799. The molecule has 0 aromatic carbocycles. The van der Waals surface area contributed by atoms with Gasteiger partial charge in [-0.3, -0.25) is 0 Å². The van der Waals surface area contributed by atoms with E-state index in [2.05, 4.69) is 10.2 Å². The zero-order valence-electron chi connectivity index (χ0n) is 11.9. The third kappa shape index (κ3) is 3.67. The van der Waals surface area contributed by atoms with E-state index in [1.807, 2.05) is 14.2 Å². The molecule has 18 heavy (non-hydrogen) atoms. The topological polar surface area (TPSA) is 33.7 Å². The Morgan fingerprint density at radius 1 is 1.17 bits per heavy atom. The Morgan fingerprint density at radius 3 is 2.39 bits per heavy atom. The van der Waals surface area contributed by atoms with E-state index in [0.717, 1.165) is 19.7 Å². The SMILES string of the molecule is COCC1(CN2CCC(OC)CC2)CCNCC1. The molecule has 2 heterocycles. The van der Waals surface area contributed by atoms with E-state index in [-0.39, 0.29) is 0 Å². The van der Waals surface area contributed by atoms with Gasteiger partial charge >= 0.3 is 0 Å². The fourth-order valence-electron chi connectivity index (χ4n) is 3.39. The summed E-state index contributed by atoms with van der Waals surface area (Å²) in [5.41, 5.74) is 0.375. The van der Waals surface area contributed by atoms with Crippen LogP contribution in [0.2, 0.25) is 0 Å². The first kappa shape index (κ1) is 14.3. The van der Waals surface area contributed by atoms with Gasteiger partial charge in [0.2, 0.25) is 0 Å². The lowest BCUT2D eigenvalue weighted by molar-refractivity contribution is -0.00691. The molecule has 0 bridgehead atoms. The van der Waals surface area contributed by atoms with Gasteiger partial charge in [0.15, 0.2) is 0 Å². The first-order valence-corrected chi connectivity index (χ1v) is 7.23. The summed E-state index contributed by atoms with van der Waals surface area (Å²) in [5.74, 6) is 0. The third-order valence-corrected chi connectivity index (χ3v) is 4.54. The van der Waals surface area contributed by atoms with E-state index >= 15 is 0 Å². The number of piperidine rings is 2. The molecule has 0 atom stereocenters. The molecule has 0 radical (unpaired) electrons. The summed E-state index contributed by atoms with van der Waals surface area (Å²) < 4.78 is 10.9. The van der Waals surface area contributed by atoms with Crippen molar-refractivity contribution in [1.29, 1.82) is 0 Å². The molecule has 0 saturated carbocycles. The molecule has 2 saturated heterocycles. The predicted molar refractivity (Wildman–Crippen MR) is 72.9 cm³/mol. The summed E-state index contributed by atoms with van der Waals surface area (Å²) in [6.07, 6.45) is 5.32. The van der Waals surface area contributed by atoms with Gasteiger partial charge in [-0.05, 0) is 38.8 Å². The highest BCUT2D eigenvalue weighted by Crippen LogP contribution is 2.31. The molecule has 2 fully saturated rings. The third-order valence-electron chi connectivity index (χ3n) is 4.54. The van der Waals surface area contributed by atoms with E-state index in [0.29, 0.717) is 11.5 Å². The molecule has 0 amide bonds. The van der Waals surface area contributed by atoms with E-state index < -0.39 is 0 Å². The van der Waals surface area contributed by atoms with Crippen molar-refractivity contribution >= 4 is 0 Å². The summed E-state index contributed by atoms with van der Waals surface area (Å²) in [7, 11) is 3.67. The number of hydrogen-bond acceptors (Lipinski definition) is 4. The van der Waals surface area contributed by atoms with Crippen LogP contribution in [0.15, 0.2) is 0 Å². The molecule has 0 spiro atoms. The fraction of sp³-hybridized carbons (Fsp3) is 1.00. The zero-order chi connectivity index (χ0) is 12.8. The van der Waals surface area contributed by atoms with Crippen molar-refractivity contribution in [2.75, 3.05) is 53.6 Å². The number of hydrogen-bond donors (Lipinski definition) is 1. The largest absolute Gasteiger partial charge is 0.384 e. The lowest BCUT2D eigenvalue weighted by Crippen LogP contribution is -2.49. The fourth-order valence-corrected chi connectivity index (χ4v) is 3.39.